The standard InChI is InChI=1S/C12H10N2O5/c15-12(16)9-2-1-3-10(11(9)14(17)18)13-6-8-4-5-19-7-8/h1-5,7,13H,6H2,(H,15,16). The van der Waals surface area contributed by atoms with Crippen LogP contribution in [-0.2, 0) is 6.54 Å². The molecule has 2 aromatic rings. The molecule has 0 atom stereocenters. The van der Waals surface area contributed by atoms with E-state index < -0.39 is 16.6 Å². The minimum Gasteiger partial charge on any atom is -0.477 e. The second kappa shape index (κ2) is 5.21. The van der Waals surface area contributed by atoms with Gasteiger partial charge in [0.2, 0.25) is 0 Å². The summed E-state index contributed by atoms with van der Waals surface area (Å²) in [6.07, 6.45) is 2.99. The molecule has 0 spiro atoms. The molecule has 1 heterocycles. The highest BCUT2D eigenvalue weighted by atomic mass is 16.6. The molecule has 7 heteroatoms. The van der Waals surface area contributed by atoms with Gasteiger partial charge in [0.1, 0.15) is 11.3 Å². The number of benzene rings is 1. The van der Waals surface area contributed by atoms with Crippen LogP contribution in [0.2, 0.25) is 0 Å². The Bertz CT molecular complexity index is 607. The number of hydrogen-bond donors (Lipinski definition) is 2. The Hall–Kier alpha value is -2.83. The number of nitro benzene ring substituents is 1. The van der Waals surface area contributed by atoms with Crippen LogP contribution in [0, 0.1) is 10.1 Å². The van der Waals surface area contributed by atoms with E-state index in [9.17, 15) is 14.9 Å². The summed E-state index contributed by atoms with van der Waals surface area (Å²) in [7, 11) is 0. The van der Waals surface area contributed by atoms with Crippen molar-refractivity contribution in [1.82, 2.24) is 0 Å². The first-order valence-corrected chi connectivity index (χ1v) is 5.35. The van der Waals surface area contributed by atoms with E-state index in [1.807, 2.05) is 0 Å². The Morgan fingerprint density at radius 2 is 2.21 bits per heavy atom. The van der Waals surface area contributed by atoms with Gasteiger partial charge in [0.05, 0.1) is 17.4 Å². The SMILES string of the molecule is O=C(O)c1cccc(NCc2ccoc2)c1[N+](=O)[O-]. The third-order valence-corrected chi connectivity index (χ3v) is 2.51. The minimum absolute atomic E-state index is 0.158. The molecule has 19 heavy (non-hydrogen) atoms. The average molecular weight is 262 g/mol. The highest BCUT2D eigenvalue weighted by Gasteiger charge is 2.23. The number of carboxylic acids is 1. The Morgan fingerprint density at radius 3 is 2.79 bits per heavy atom. The van der Waals surface area contributed by atoms with Crippen molar-refractivity contribution in [2.24, 2.45) is 0 Å². The molecule has 0 amide bonds. The van der Waals surface area contributed by atoms with E-state index in [4.69, 9.17) is 9.52 Å². The van der Waals surface area contributed by atoms with Crippen molar-refractivity contribution in [2.45, 2.75) is 6.54 Å². The van der Waals surface area contributed by atoms with E-state index in [1.54, 1.807) is 6.07 Å². The fraction of sp³-hybridized carbons (Fsp3) is 0.0833. The van der Waals surface area contributed by atoms with E-state index in [-0.39, 0.29) is 11.3 Å². The molecule has 2 rings (SSSR count). The van der Waals surface area contributed by atoms with Crippen LogP contribution >= 0.6 is 0 Å². The van der Waals surface area contributed by atoms with E-state index >= 15 is 0 Å². The summed E-state index contributed by atoms with van der Waals surface area (Å²) in [6.45, 7) is 0.306. The molecule has 0 bridgehead atoms. The molecule has 0 radical (unpaired) electrons. The van der Waals surface area contributed by atoms with Gasteiger partial charge in [-0.3, -0.25) is 10.1 Å². The van der Waals surface area contributed by atoms with Gasteiger partial charge in [-0.1, -0.05) is 6.07 Å². The predicted molar refractivity (Wildman–Crippen MR) is 66.1 cm³/mol. The molecule has 1 aromatic heterocycles. The third-order valence-electron chi connectivity index (χ3n) is 2.51. The summed E-state index contributed by atoms with van der Waals surface area (Å²) in [5.74, 6) is -1.33. The predicted octanol–water partition coefficient (Wildman–Crippen LogP) is 2.50. The highest BCUT2D eigenvalue weighted by molar-refractivity contribution is 5.95. The van der Waals surface area contributed by atoms with E-state index in [1.165, 1.54) is 30.7 Å². The molecule has 0 saturated carbocycles. The summed E-state index contributed by atoms with van der Waals surface area (Å²) in [6, 6.07) is 5.82. The van der Waals surface area contributed by atoms with Gasteiger partial charge in [0.15, 0.2) is 0 Å². The van der Waals surface area contributed by atoms with Crippen molar-refractivity contribution < 1.29 is 19.2 Å². The number of furan rings is 1. The topological polar surface area (TPSA) is 106 Å². The highest BCUT2D eigenvalue weighted by Crippen LogP contribution is 2.29. The monoisotopic (exact) mass is 262 g/mol. The molecule has 1 aromatic carbocycles. The van der Waals surface area contributed by atoms with Gasteiger partial charge in [0, 0.05) is 12.1 Å². The van der Waals surface area contributed by atoms with Gasteiger partial charge in [-0.25, -0.2) is 4.79 Å². The van der Waals surface area contributed by atoms with Gasteiger partial charge < -0.3 is 14.8 Å². The lowest BCUT2D eigenvalue weighted by molar-refractivity contribution is -0.384. The quantitative estimate of drug-likeness (QED) is 0.633. The minimum atomic E-state index is -1.33. The van der Waals surface area contributed by atoms with Gasteiger partial charge in [0.25, 0.3) is 0 Å². The zero-order valence-corrected chi connectivity index (χ0v) is 9.70. The number of nitro groups is 1. The Kier molecular flexibility index (Phi) is 3.46. The first-order chi connectivity index (χ1) is 9.09. The lowest BCUT2D eigenvalue weighted by Gasteiger charge is -2.07. The maximum atomic E-state index is 11.0. The van der Waals surface area contributed by atoms with Crippen LogP contribution in [0.5, 0.6) is 0 Å². The molecule has 0 aliphatic rings. The lowest BCUT2D eigenvalue weighted by atomic mass is 10.1. The summed E-state index contributed by atoms with van der Waals surface area (Å²) in [5, 5.41) is 22.8. The van der Waals surface area contributed by atoms with Crippen LogP contribution in [-0.4, -0.2) is 16.0 Å². The number of carbonyl (C=O) groups is 1. The number of nitrogens with one attached hydrogen (secondary N) is 1. The maximum Gasteiger partial charge on any atom is 0.342 e. The van der Waals surface area contributed by atoms with Crippen molar-refractivity contribution in [1.29, 1.82) is 0 Å². The number of nitrogens with zero attached hydrogens (tertiary/aromatic N) is 1. The first-order valence-electron chi connectivity index (χ1n) is 5.35. The van der Waals surface area contributed by atoms with Crippen molar-refractivity contribution >= 4 is 17.3 Å². The van der Waals surface area contributed by atoms with Gasteiger partial charge in [-0.05, 0) is 18.2 Å². The van der Waals surface area contributed by atoms with Crippen LogP contribution < -0.4 is 5.32 Å². The van der Waals surface area contributed by atoms with Crippen molar-refractivity contribution in [2.75, 3.05) is 5.32 Å². The zero-order chi connectivity index (χ0) is 13.8. The van der Waals surface area contributed by atoms with Crippen LogP contribution in [0.15, 0.2) is 41.2 Å². The van der Waals surface area contributed by atoms with Crippen molar-refractivity contribution in [3.8, 4) is 0 Å². The number of carboxylic acid groups (broad SMARTS) is 1. The Labute approximate surface area is 107 Å². The second-order valence-electron chi connectivity index (χ2n) is 3.75. The molecule has 0 aliphatic carbocycles. The normalized spacial score (nSPS) is 10.1. The summed E-state index contributed by atoms with van der Waals surface area (Å²) in [4.78, 5) is 21.2. The van der Waals surface area contributed by atoms with Crippen LogP contribution in [0.4, 0.5) is 11.4 Å². The molecule has 0 fully saturated rings. The third kappa shape index (κ3) is 2.71. The number of rotatable bonds is 5. The fourth-order valence-corrected chi connectivity index (χ4v) is 1.65. The number of anilines is 1. The maximum absolute atomic E-state index is 11.0. The summed E-state index contributed by atoms with van der Waals surface area (Å²) >= 11 is 0. The summed E-state index contributed by atoms with van der Waals surface area (Å²) in [5.41, 5.74) is 0.168. The number of hydrogen-bond acceptors (Lipinski definition) is 5. The number of aromatic carboxylic acids is 1. The molecule has 0 saturated heterocycles. The van der Waals surface area contributed by atoms with E-state index in [0.29, 0.717) is 6.54 Å². The molecule has 0 unspecified atom stereocenters. The lowest BCUT2D eigenvalue weighted by Crippen LogP contribution is -2.07. The largest absolute Gasteiger partial charge is 0.477 e. The average Bonchev–Trinajstić information content (AvgIpc) is 2.88. The van der Waals surface area contributed by atoms with Crippen LogP contribution in [0.3, 0.4) is 0 Å². The van der Waals surface area contributed by atoms with E-state index in [0.717, 1.165) is 5.56 Å². The molecular weight excluding hydrogens is 252 g/mol. The first kappa shape index (κ1) is 12.6. The van der Waals surface area contributed by atoms with Gasteiger partial charge in [-0.2, -0.15) is 0 Å². The zero-order valence-electron chi connectivity index (χ0n) is 9.70. The van der Waals surface area contributed by atoms with Crippen LogP contribution in [0.25, 0.3) is 0 Å². The van der Waals surface area contributed by atoms with Crippen molar-refractivity contribution in [3.63, 3.8) is 0 Å². The molecule has 98 valence electrons. The van der Waals surface area contributed by atoms with Crippen LogP contribution in [0.1, 0.15) is 15.9 Å². The molecular formula is C12H10N2O5. The smallest absolute Gasteiger partial charge is 0.342 e. The summed E-state index contributed by atoms with van der Waals surface area (Å²) < 4.78 is 4.87. The second-order valence-corrected chi connectivity index (χ2v) is 3.75. The van der Waals surface area contributed by atoms with Gasteiger partial charge >= 0.3 is 11.7 Å². The Morgan fingerprint density at radius 1 is 1.42 bits per heavy atom. The van der Waals surface area contributed by atoms with Crippen molar-refractivity contribution in [3.05, 3.63) is 58.0 Å². The molecule has 2 N–H and O–H groups in total. The number of para-hydroxylation sites is 1. The Balaban J connectivity index is 2.31. The van der Waals surface area contributed by atoms with Gasteiger partial charge in [-0.15, -0.1) is 0 Å². The molecule has 7 nitrogen and oxygen atoms in total. The molecule has 0 aliphatic heterocycles. The fourth-order valence-electron chi connectivity index (χ4n) is 1.65. The van der Waals surface area contributed by atoms with E-state index in [2.05, 4.69) is 5.32 Å².